The van der Waals surface area contributed by atoms with Crippen LogP contribution >= 0.6 is 0 Å². The largest absolute Gasteiger partial charge is 0.497 e. The molecule has 0 spiro atoms. The van der Waals surface area contributed by atoms with Gasteiger partial charge in [-0.25, -0.2) is 4.79 Å². The number of carbonyl (C=O) groups is 2. The van der Waals surface area contributed by atoms with E-state index in [4.69, 9.17) is 14.6 Å². The summed E-state index contributed by atoms with van der Waals surface area (Å²) in [5.41, 5.74) is 2.31. The lowest BCUT2D eigenvalue weighted by Gasteiger charge is -2.07. The number of amides is 1. The van der Waals surface area contributed by atoms with Crippen LogP contribution in [0, 0.1) is 0 Å². The number of alkyl carbamates (subject to hydrolysis) is 1. The van der Waals surface area contributed by atoms with Crippen LogP contribution in [0.5, 0.6) is 5.75 Å². The summed E-state index contributed by atoms with van der Waals surface area (Å²) in [6.45, 7) is 0.465. The number of aliphatic carboxylic acids is 1. The Balaban J connectivity index is 1.87. The van der Waals surface area contributed by atoms with Gasteiger partial charge in [-0.3, -0.25) is 4.79 Å². The predicted molar refractivity (Wildman–Crippen MR) is 98.0 cm³/mol. The van der Waals surface area contributed by atoms with E-state index >= 15 is 0 Å². The fourth-order valence-corrected chi connectivity index (χ4v) is 2.28. The SMILES string of the molecule is COc1ccc(CC(=O)O)c(C=CCNC(=O)OCc2ccccc2)c1. The van der Waals surface area contributed by atoms with Crippen molar-refractivity contribution in [1.29, 1.82) is 0 Å². The summed E-state index contributed by atoms with van der Waals surface area (Å²) in [6, 6.07) is 14.6. The Labute approximate surface area is 152 Å². The van der Waals surface area contributed by atoms with E-state index in [2.05, 4.69) is 5.32 Å². The van der Waals surface area contributed by atoms with Gasteiger partial charge in [0.05, 0.1) is 13.5 Å². The van der Waals surface area contributed by atoms with Gasteiger partial charge in [0.25, 0.3) is 0 Å². The van der Waals surface area contributed by atoms with Gasteiger partial charge in [0, 0.05) is 6.54 Å². The van der Waals surface area contributed by atoms with Crippen LogP contribution in [-0.2, 0) is 22.6 Å². The van der Waals surface area contributed by atoms with Gasteiger partial charge in [0.1, 0.15) is 12.4 Å². The van der Waals surface area contributed by atoms with Crippen LogP contribution in [0.3, 0.4) is 0 Å². The Morgan fingerprint density at radius 3 is 2.62 bits per heavy atom. The third-order valence-corrected chi connectivity index (χ3v) is 3.57. The molecule has 0 aliphatic rings. The average molecular weight is 355 g/mol. The summed E-state index contributed by atoms with van der Waals surface area (Å²) < 4.78 is 10.3. The van der Waals surface area contributed by atoms with Crippen LogP contribution in [0.15, 0.2) is 54.6 Å². The van der Waals surface area contributed by atoms with Crippen LogP contribution in [0.25, 0.3) is 6.08 Å². The first kappa shape index (κ1) is 19.1. The zero-order valence-corrected chi connectivity index (χ0v) is 14.5. The van der Waals surface area contributed by atoms with E-state index in [9.17, 15) is 9.59 Å². The van der Waals surface area contributed by atoms with E-state index in [1.54, 1.807) is 37.5 Å². The summed E-state index contributed by atoms with van der Waals surface area (Å²) in [4.78, 5) is 22.6. The number of nitrogens with one attached hydrogen (secondary N) is 1. The first-order valence-corrected chi connectivity index (χ1v) is 8.08. The van der Waals surface area contributed by atoms with Crippen molar-refractivity contribution in [2.75, 3.05) is 13.7 Å². The van der Waals surface area contributed by atoms with Crippen molar-refractivity contribution in [2.24, 2.45) is 0 Å². The maximum atomic E-state index is 11.7. The van der Waals surface area contributed by atoms with Crippen molar-refractivity contribution in [3.63, 3.8) is 0 Å². The van der Waals surface area contributed by atoms with Crippen LogP contribution in [0.4, 0.5) is 4.79 Å². The molecule has 0 atom stereocenters. The Hall–Kier alpha value is -3.28. The summed E-state index contributed by atoms with van der Waals surface area (Å²) in [6.07, 6.45) is 2.87. The average Bonchev–Trinajstić information content (AvgIpc) is 2.65. The molecule has 0 saturated heterocycles. The number of ether oxygens (including phenoxy) is 2. The van der Waals surface area contributed by atoms with E-state index in [-0.39, 0.29) is 19.6 Å². The molecule has 0 unspecified atom stereocenters. The molecule has 0 heterocycles. The first-order valence-electron chi connectivity index (χ1n) is 8.08. The quantitative estimate of drug-likeness (QED) is 0.759. The highest BCUT2D eigenvalue weighted by atomic mass is 16.5. The number of benzene rings is 2. The minimum absolute atomic E-state index is 0.0871. The summed E-state index contributed by atoms with van der Waals surface area (Å²) in [7, 11) is 1.55. The molecule has 0 aliphatic carbocycles. The van der Waals surface area contributed by atoms with Crippen LogP contribution in [0.1, 0.15) is 16.7 Å². The van der Waals surface area contributed by atoms with Crippen molar-refractivity contribution in [3.8, 4) is 5.75 Å². The molecule has 2 N–H and O–H groups in total. The van der Waals surface area contributed by atoms with Gasteiger partial charge in [-0.2, -0.15) is 0 Å². The number of carbonyl (C=O) groups excluding carboxylic acids is 1. The third kappa shape index (κ3) is 6.32. The van der Waals surface area contributed by atoms with Gasteiger partial charge in [-0.05, 0) is 28.8 Å². The van der Waals surface area contributed by atoms with E-state index in [0.717, 1.165) is 11.1 Å². The lowest BCUT2D eigenvalue weighted by atomic mass is 10.0. The number of hydrogen-bond acceptors (Lipinski definition) is 4. The normalized spacial score (nSPS) is 10.5. The monoisotopic (exact) mass is 355 g/mol. The maximum absolute atomic E-state index is 11.7. The highest BCUT2D eigenvalue weighted by Crippen LogP contribution is 2.19. The topological polar surface area (TPSA) is 84.9 Å². The molecule has 1 amide bonds. The molecule has 0 radical (unpaired) electrons. The smallest absolute Gasteiger partial charge is 0.407 e. The summed E-state index contributed by atoms with van der Waals surface area (Å²) >= 11 is 0. The highest BCUT2D eigenvalue weighted by molar-refractivity contribution is 5.73. The number of hydrogen-bond donors (Lipinski definition) is 2. The van der Waals surface area contributed by atoms with E-state index < -0.39 is 12.1 Å². The molecule has 2 aromatic carbocycles. The molecule has 6 heteroatoms. The van der Waals surface area contributed by atoms with Crippen molar-refractivity contribution < 1.29 is 24.2 Å². The molecule has 0 fully saturated rings. The number of carboxylic acid groups (broad SMARTS) is 1. The zero-order chi connectivity index (χ0) is 18.8. The van der Waals surface area contributed by atoms with E-state index in [0.29, 0.717) is 11.3 Å². The van der Waals surface area contributed by atoms with Crippen LogP contribution < -0.4 is 10.1 Å². The van der Waals surface area contributed by atoms with Crippen molar-refractivity contribution in [2.45, 2.75) is 13.0 Å². The predicted octanol–water partition coefficient (Wildman–Crippen LogP) is 3.26. The van der Waals surface area contributed by atoms with E-state index in [1.807, 2.05) is 30.3 Å². The van der Waals surface area contributed by atoms with E-state index in [1.165, 1.54) is 0 Å². The molecule has 0 aliphatic heterocycles. The maximum Gasteiger partial charge on any atom is 0.407 e. The number of rotatable bonds is 8. The molecular weight excluding hydrogens is 334 g/mol. The minimum atomic E-state index is -0.910. The molecule has 26 heavy (non-hydrogen) atoms. The van der Waals surface area contributed by atoms with Gasteiger partial charge in [0.15, 0.2) is 0 Å². The van der Waals surface area contributed by atoms with Crippen molar-refractivity contribution >= 4 is 18.1 Å². The molecular formula is C20H21NO5. The fraction of sp³-hybridized carbons (Fsp3) is 0.200. The molecule has 0 saturated carbocycles. The van der Waals surface area contributed by atoms with Gasteiger partial charge in [-0.15, -0.1) is 0 Å². The van der Waals surface area contributed by atoms with Crippen LogP contribution in [0.2, 0.25) is 0 Å². The lowest BCUT2D eigenvalue weighted by molar-refractivity contribution is -0.136. The van der Waals surface area contributed by atoms with Gasteiger partial charge in [-0.1, -0.05) is 48.6 Å². The van der Waals surface area contributed by atoms with Gasteiger partial charge >= 0.3 is 12.1 Å². The highest BCUT2D eigenvalue weighted by Gasteiger charge is 2.06. The van der Waals surface area contributed by atoms with Gasteiger partial charge in [0.2, 0.25) is 0 Å². The molecule has 0 bridgehead atoms. The Kier molecular flexibility index (Phi) is 7.24. The second kappa shape index (κ2) is 9.88. The van der Waals surface area contributed by atoms with Crippen LogP contribution in [-0.4, -0.2) is 30.8 Å². The molecule has 0 aromatic heterocycles. The second-order valence-corrected chi connectivity index (χ2v) is 5.48. The van der Waals surface area contributed by atoms with Crippen molar-refractivity contribution in [3.05, 3.63) is 71.3 Å². The number of methoxy groups -OCH3 is 1. The summed E-state index contributed by atoms with van der Waals surface area (Å²) in [5, 5.41) is 11.6. The fourth-order valence-electron chi connectivity index (χ4n) is 2.28. The Morgan fingerprint density at radius 2 is 1.92 bits per heavy atom. The van der Waals surface area contributed by atoms with Gasteiger partial charge < -0.3 is 19.9 Å². The lowest BCUT2D eigenvalue weighted by Crippen LogP contribution is -2.24. The molecule has 2 rings (SSSR count). The molecule has 2 aromatic rings. The molecule has 136 valence electrons. The second-order valence-electron chi connectivity index (χ2n) is 5.48. The van der Waals surface area contributed by atoms with Crippen molar-refractivity contribution in [1.82, 2.24) is 5.32 Å². The number of carboxylic acids is 1. The third-order valence-electron chi connectivity index (χ3n) is 3.57. The summed E-state index contributed by atoms with van der Waals surface area (Å²) in [5.74, 6) is -0.276. The minimum Gasteiger partial charge on any atom is -0.497 e. The Bertz CT molecular complexity index is 771. The zero-order valence-electron chi connectivity index (χ0n) is 14.5. The standard InChI is InChI=1S/C20H21NO5/c1-25-18-10-9-17(13-19(22)23)16(12-18)8-5-11-21-20(24)26-14-15-6-3-2-4-7-15/h2-10,12H,11,13-14H2,1H3,(H,21,24)(H,22,23). The Morgan fingerprint density at radius 1 is 1.15 bits per heavy atom. The molecule has 6 nitrogen and oxygen atoms in total. The first-order chi connectivity index (χ1) is 12.6.